The zero-order valence-electron chi connectivity index (χ0n) is 15.5. The van der Waals surface area contributed by atoms with Crippen LogP contribution in [0.25, 0.3) is 0 Å². The lowest BCUT2D eigenvalue weighted by molar-refractivity contribution is -0.0460. The maximum atomic E-state index is 13.5. The number of aromatic nitrogens is 2. The average Bonchev–Trinajstić information content (AvgIpc) is 2.96. The van der Waals surface area contributed by atoms with Crippen molar-refractivity contribution in [3.05, 3.63) is 48.8 Å². The first-order chi connectivity index (χ1) is 13.3. The molecule has 2 amide bonds. The van der Waals surface area contributed by atoms with Crippen molar-refractivity contribution in [1.29, 1.82) is 0 Å². The maximum Gasteiger partial charge on any atom is 0.333 e. The van der Waals surface area contributed by atoms with E-state index in [2.05, 4.69) is 15.3 Å². The van der Waals surface area contributed by atoms with Crippen LogP contribution in [0.2, 0.25) is 0 Å². The molecular weight excluding hydrogens is 346 g/mol. The molecule has 1 N–H and O–H groups in total. The van der Waals surface area contributed by atoms with E-state index >= 15 is 0 Å². The van der Waals surface area contributed by atoms with E-state index in [4.69, 9.17) is 9.47 Å². The molecule has 8 heteroatoms. The third-order valence-electron chi connectivity index (χ3n) is 4.22. The van der Waals surface area contributed by atoms with Crippen molar-refractivity contribution in [1.82, 2.24) is 20.2 Å². The highest BCUT2D eigenvalue weighted by atomic mass is 16.5. The fourth-order valence-corrected chi connectivity index (χ4v) is 2.91. The number of benzene rings is 1. The molecule has 144 valence electrons. The second-order valence-corrected chi connectivity index (χ2v) is 6.07. The van der Waals surface area contributed by atoms with Gasteiger partial charge in [0.15, 0.2) is 0 Å². The number of methoxy groups -OCH3 is 1. The number of hydrogen-bond donors (Lipinski definition) is 1. The number of anilines is 2. The van der Waals surface area contributed by atoms with Gasteiger partial charge in [0.2, 0.25) is 5.95 Å². The first-order valence-corrected chi connectivity index (χ1v) is 9.05. The number of carbonyl (C=O) groups excluding carboxylic acids is 1. The minimum Gasteiger partial charge on any atom is -0.382 e. The summed E-state index contributed by atoms with van der Waals surface area (Å²) < 4.78 is 11.0. The van der Waals surface area contributed by atoms with Crippen molar-refractivity contribution in [2.45, 2.75) is 12.6 Å². The van der Waals surface area contributed by atoms with Gasteiger partial charge < -0.3 is 14.8 Å². The van der Waals surface area contributed by atoms with Crippen LogP contribution < -0.4 is 10.2 Å². The van der Waals surface area contributed by atoms with E-state index < -0.39 is 0 Å². The molecular formula is C19H25N5O3. The van der Waals surface area contributed by atoms with E-state index in [-0.39, 0.29) is 12.3 Å². The lowest BCUT2D eigenvalue weighted by atomic mass is 10.3. The zero-order valence-corrected chi connectivity index (χ0v) is 15.5. The molecule has 0 bridgehead atoms. The van der Waals surface area contributed by atoms with Crippen molar-refractivity contribution in [3.8, 4) is 0 Å². The zero-order chi connectivity index (χ0) is 18.9. The Hall–Kier alpha value is -2.55. The number of amides is 2. The first-order valence-electron chi connectivity index (χ1n) is 9.05. The van der Waals surface area contributed by atoms with Crippen LogP contribution >= 0.6 is 0 Å². The molecule has 3 rings (SSSR count). The average molecular weight is 371 g/mol. The number of hydrogen-bond acceptors (Lipinski definition) is 6. The van der Waals surface area contributed by atoms with E-state index in [0.29, 0.717) is 37.9 Å². The standard InChI is InChI=1S/C19H25N5O3/c1-26-13-14-27-17-15-20-9-6-12-23(17)19(25)24(16-7-3-2-4-8-16)18-21-10-5-11-22-18/h2-5,7-8,10-11,17,20H,6,9,12-15H2,1H3. The van der Waals surface area contributed by atoms with Gasteiger partial charge >= 0.3 is 6.03 Å². The summed E-state index contributed by atoms with van der Waals surface area (Å²) in [6.07, 6.45) is 3.71. The number of nitrogens with zero attached hydrogens (tertiary/aromatic N) is 4. The number of nitrogens with one attached hydrogen (secondary N) is 1. The van der Waals surface area contributed by atoms with E-state index in [9.17, 15) is 4.79 Å². The second-order valence-electron chi connectivity index (χ2n) is 6.07. The van der Waals surface area contributed by atoms with Gasteiger partial charge in [-0.1, -0.05) is 18.2 Å². The van der Waals surface area contributed by atoms with E-state index in [1.807, 2.05) is 30.3 Å². The minimum absolute atomic E-state index is 0.210. The molecule has 1 saturated heterocycles. The molecule has 1 unspecified atom stereocenters. The summed E-state index contributed by atoms with van der Waals surface area (Å²) >= 11 is 0. The van der Waals surface area contributed by atoms with Crippen LogP contribution in [0.15, 0.2) is 48.8 Å². The maximum absolute atomic E-state index is 13.5. The molecule has 1 atom stereocenters. The smallest absolute Gasteiger partial charge is 0.333 e. The Morgan fingerprint density at radius 3 is 2.74 bits per heavy atom. The molecule has 1 aliphatic heterocycles. The second kappa shape index (κ2) is 9.96. The van der Waals surface area contributed by atoms with Gasteiger partial charge in [-0.15, -0.1) is 0 Å². The SMILES string of the molecule is COCCOC1CNCCCN1C(=O)N(c1ccccc1)c1ncccn1. The first kappa shape index (κ1) is 19.2. The van der Waals surface area contributed by atoms with Gasteiger partial charge in [0.1, 0.15) is 6.23 Å². The molecule has 8 nitrogen and oxygen atoms in total. The van der Waals surface area contributed by atoms with Crippen LogP contribution in [0.1, 0.15) is 6.42 Å². The topological polar surface area (TPSA) is 79.8 Å². The predicted molar refractivity (Wildman–Crippen MR) is 102 cm³/mol. The van der Waals surface area contributed by atoms with Crippen LogP contribution in [0, 0.1) is 0 Å². The number of urea groups is 1. The molecule has 1 fully saturated rings. The molecule has 0 radical (unpaired) electrons. The molecule has 2 aromatic rings. The van der Waals surface area contributed by atoms with Gasteiger partial charge in [-0.25, -0.2) is 19.7 Å². The summed E-state index contributed by atoms with van der Waals surface area (Å²) in [4.78, 5) is 25.4. The monoisotopic (exact) mass is 371 g/mol. The van der Waals surface area contributed by atoms with Crippen LogP contribution in [0.5, 0.6) is 0 Å². The Balaban J connectivity index is 1.89. The number of carbonyl (C=O) groups is 1. The van der Waals surface area contributed by atoms with E-state index in [1.165, 1.54) is 4.90 Å². The van der Waals surface area contributed by atoms with Gasteiger partial charge in [-0.05, 0) is 31.2 Å². The molecule has 27 heavy (non-hydrogen) atoms. The molecule has 1 aliphatic rings. The molecule has 0 spiro atoms. The Kier molecular flexibility index (Phi) is 7.09. The Labute approximate surface area is 159 Å². The van der Waals surface area contributed by atoms with Gasteiger partial charge in [0.05, 0.1) is 18.9 Å². The quantitative estimate of drug-likeness (QED) is 0.783. The lowest BCUT2D eigenvalue weighted by Crippen LogP contribution is -2.50. The van der Waals surface area contributed by atoms with E-state index in [1.54, 1.807) is 30.5 Å². The number of ether oxygens (including phenoxy) is 2. The highest BCUT2D eigenvalue weighted by Gasteiger charge is 2.32. The van der Waals surface area contributed by atoms with Crippen LogP contribution in [0.3, 0.4) is 0 Å². The summed E-state index contributed by atoms with van der Waals surface area (Å²) in [6, 6.07) is 10.9. The van der Waals surface area contributed by atoms with Crippen molar-refractivity contribution in [2.24, 2.45) is 0 Å². The highest BCUT2D eigenvalue weighted by molar-refractivity contribution is 5.97. The molecule has 0 saturated carbocycles. The van der Waals surface area contributed by atoms with Crippen molar-refractivity contribution in [3.63, 3.8) is 0 Å². The van der Waals surface area contributed by atoms with E-state index in [0.717, 1.165) is 13.0 Å². The Bertz CT molecular complexity index is 662. The van der Waals surface area contributed by atoms with Crippen molar-refractivity contribution in [2.75, 3.05) is 44.9 Å². The van der Waals surface area contributed by atoms with Gasteiger partial charge in [-0.3, -0.25) is 4.90 Å². The molecule has 0 aliphatic carbocycles. The summed E-state index contributed by atoms with van der Waals surface area (Å²) in [6.45, 7) is 2.87. The summed E-state index contributed by atoms with van der Waals surface area (Å²) in [5, 5.41) is 3.32. The fraction of sp³-hybridized carbons (Fsp3) is 0.421. The van der Waals surface area contributed by atoms with Crippen LogP contribution in [-0.4, -0.2) is 67.1 Å². The number of rotatable bonds is 6. The lowest BCUT2D eigenvalue weighted by Gasteiger charge is -2.33. The Morgan fingerprint density at radius 2 is 2.00 bits per heavy atom. The van der Waals surface area contributed by atoms with Crippen molar-refractivity contribution < 1.29 is 14.3 Å². The van der Waals surface area contributed by atoms with Crippen molar-refractivity contribution >= 4 is 17.7 Å². The molecule has 1 aromatic heterocycles. The fourth-order valence-electron chi connectivity index (χ4n) is 2.91. The highest BCUT2D eigenvalue weighted by Crippen LogP contribution is 2.24. The predicted octanol–water partition coefficient (Wildman–Crippen LogP) is 2.02. The summed E-state index contributed by atoms with van der Waals surface area (Å²) in [5.74, 6) is 0.335. The number of para-hydroxylation sites is 1. The van der Waals surface area contributed by atoms with Gasteiger partial charge in [-0.2, -0.15) is 0 Å². The normalized spacial score (nSPS) is 17.4. The molecule has 2 heterocycles. The third-order valence-corrected chi connectivity index (χ3v) is 4.22. The van der Waals surface area contributed by atoms with Gasteiger partial charge in [0.25, 0.3) is 0 Å². The van der Waals surface area contributed by atoms with Crippen LogP contribution in [0.4, 0.5) is 16.4 Å². The summed E-state index contributed by atoms with van der Waals surface area (Å²) in [7, 11) is 1.63. The Morgan fingerprint density at radius 1 is 1.22 bits per heavy atom. The largest absolute Gasteiger partial charge is 0.382 e. The molecule has 1 aromatic carbocycles. The third kappa shape index (κ3) is 5.00. The van der Waals surface area contributed by atoms with Gasteiger partial charge in [0, 0.05) is 32.6 Å². The summed E-state index contributed by atoms with van der Waals surface area (Å²) in [5.41, 5.74) is 0.710. The minimum atomic E-state index is -0.384. The van der Waals surface area contributed by atoms with Crippen LogP contribution in [-0.2, 0) is 9.47 Å².